The van der Waals surface area contributed by atoms with E-state index in [1.54, 1.807) is 5.56 Å². The van der Waals surface area contributed by atoms with Gasteiger partial charge in [-0.1, -0.05) is 37.6 Å². The van der Waals surface area contributed by atoms with Crippen LogP contribution in [0.3, 0.4) is 0 Å². The molecule has 0 radical (unpaired) electrons. The average molecular weight is 300 g/mol. The molecule has 122 valence electrons. The van der Waals surface area contributed by atoms with Gasteiger partial charge in [0.2, 0.25) is 0 Å². The number of hydrogen-bond donors (Lipinski definition) is 1. The summed E-state index contributed by atoms with van der Waals surface area (Å²) in [5.74, 6) is 0.795. The summed E-state index contributed by atoms with van der Waals surface area (Å²) >= 11 is 0. The summed E-state index contributed by atoms with van der Waals surface area (Å²) in [6, 6.07) is 10.4. The molecule has 2 fully saturated rings. The van der Waals surface area contributed by atoms with Gasteiger partial charge in [-0.3, -0.25) is 0 Å². The first-order valence-corrected chi connectivity index (χ1v) is 9.30. The molecule has 1 aliphatic carbocycles. The molecule has 1 aromatic carbocycles. The topological polar surface area (TPSA) is 15.3 Å². The van der Waals surface area contributed by atoms with Gasteiger partial charge in [-0.2, -0.15) is 0 Å². The fourth-order valence-corrected chi connectivity index (χ4v) is 4.09. The highest BCUT2D eigenvalue weighted by molar-refractivity contribution is 5.31. The molecule has 2 nitrogen and oxygen atoms in total. The maximum atomic E-state index is 3.92. The molecule has 22 heavy (non-hydrogen) atoms. The van der Waals surface area contributed by atoms with E-state index in [4.69, 9.17) is 0 Å². The van der Waals surface area contributed by atoms with Gasteiger partial charge in [-0.15, -0.1) is 0 Å². The van der Waals surface area contributed by atoms with Gasteiger partial charge in [0.25, 0.3) is 0 Å². The second-order valence-electron chi connectivity index (χ2n) is 7.36. The van der Waals surface area contributed by atoms with Gasteiger partial charge in [-0.25, -0.2) is 0 Å². The number of hydrogen-bond acceptors (Lipinski definition) is 2. The largest absolute Gasteiger partial charge is 0.311 e. The van der Waals surface area contributed by atoms with Crippen LogP contribution in [-0.4, -0.2) is 36.6 Å². The number of benzene rings is 1. The zero-order valence-corrected chi connectivity index (χ0v) is 14.4. The van der Waals surface area contributed by atoms with E-state index in [1.807, 2.05) is 0 Å². The highest BCUT2D eigenvalue weighted by atomic mass is 15.1. The number of unbranched alkanes of at least 4 members (excludes halogenated alkanes) is 1. The van der Waals surface area contributed by atoms with E-state index in [2.05, 4.69) is 48.3 Å². The molecule has 0 bridgehead atoms. The minimum Gasteiger partial charge on any atom is -0.311 e. The summed E-state index contributed by atoms with van der Waals surface area (Å²) in [5.41, 5.74) is 3.05. The Kier molecular flexibility index (Phi) is 5.54. The van der Waals surface area contributed by atoms with Crippen LogP contribution in [0.4, 0.5) is 0 Å². The summed E-state index contributed by atoms with van der Waals surface area (Å²) in [5, 5.41) is 3.92. The van der Waals surface area contributed by atoms with Crippen molar-refractivity contribution >= 4 is 0 Å². The van der Waals surface area contributed by atoms with E-state index < -0.39 is 0 Å². The SMILES string of the molecule is CCCCN1CCC(NC2CC(c3ccccc3C)C2)CC1. The molecule has 1 saturated carbocycles. The van der Waals surface area contributed by atoms with Crippen LogP contribution in [0.25, 0.3) is 0 Å². The molecule has 3 rings (SSSR count). The Bertz CT molecular complexity index is 457. The van der Waals surface area contributed by atoms with E-state index in [9.17, 15) is 0 Å². The van der Waals surface area contributed by atoms with Crippen LogP contribution in [0.1, 0.15) is 62.5 Å². The third-order valence-electron chi connectivity index (χ3n) is 5.65. The van der Waals surface area contributed by atoms with E-state index in [-0.39, 0.29) is 0 Å². The molecule has 1 heterocycles. The molecule has 0 unspecified atom stereocenters. The van der Waals surface area contributed by atoms with Crippen molar-refractivity contribution in [2.24, 2.45) is 0 Å². The molecular weight excluding hydrogens is 268 g/mol. The Morgan fingerprint density at radius 2 is 1.82 bits per heavy atom. The van der Waals surface area contributed by atoms with Gasteiger partial charge < -0.3 is 10.2 Å². The van der Waals surface area contributed by atoms with Crippen LogP contribution in [0.2, 0.25) is 0 Å². The van der Waals surface area contributed by atoms with Crippen molar-refractivity contribution in [1.82, 2.24) is 10.2 Å². The smallest absolute Gasteiger partial charge is 0.00940 e. The van der Waals surface area contributed by atoms with E-state index in [0.29, 0.717) is 0 Å². The molecule has 2 aliphatic rings. The summed E-state index contributed by atoms with van der Waals surface area (Å²) in [6.45, 7) is 8.44. The van der Waals surface area contributed by atoms with Gasteiger partial charge in [-0.05, 0) is 75.7 Å². The zero-order valence-electron chi connectivity index (χ0n) is 14.4. The Labute approximate surface area is 136 Å². The molecule has 1 aliphatic heterocycles. The summed E-state index contributed by atoms with van der Waals surface area (Å²) in [7, 11) is 0. The fraction of sp³-hybridized carbons (Fsp3) is 0.700. The number of rotatable bonds is 6. The molecule has 1 saturated heterocycles. The highest BCUT2D eigenvalue weighted by Crippen LogP contribution is 2.38. The molecule has 1 N–H and O–H groups in total. The van der Waals surface area contributed by atoms with Crippen LogP contribution in [0, 0.1) is 6.92 Å². The lowest BCUT2D eigenvalue weighted by Crippen LogP contribution is -2.50. The molecule has 0 amide bonds. The molecule has 0 atom stereocenters. The maximum absolute atomic E-state index is 3.92. The van der Waals surface area contributed by atoms with Crippen molar-refractivity contribution in [3.05, 3.63) is 35.4 Å². The van der Waals surface area contributed by atoms with Crippen molar-refractivity contribution in [3.63, 3.8) is 0 Å². The second-order valence-corrected chi connectivity index (χ2v) is 7.36. The first kappa shape index (κ1) is 16.0. The van der Waals surface area contributed by atoms with Crippen molar-refractivity contribution in [1.29, 1.82) is 0 Å². The van der Waals surface area contributed by atoms with Crippen LogP contribution in [0.15, 0.2) is 24.3 Å². The van der Waals surface area contributed by atoms with Crippen molar-refractivity contribution < 1.29 is 0 Å². The van der Waals surface area contributed by atoms with Gasteiger partial charge in [0, 0.05) is 12.1 Å². The zero-order chi connectivity index (χ0) is 15.4. The third-order valence-corrected chi connectivity index (χ3v) is 5.65. The Morgan fingerprint density at radius 3 is 2.50 bits per heavy atom. The van der Waals surface area contributed by atoms with Gasteiger partial charge in [0.15, 0.2) is 0 Å². The number of aryl methyl sites for hydroxylation is 1. The van der Waals surface area contributed by atoms with Gasteiger partial charge >= 0.3 is 0 Å². The van der Waals surface area contributed by atoms with Crippen LogP contribution >= 0.6 is 0 Å². The Morgan fingerprint density at radius 1 is 1.09 bits per heavy atom. The van der Waals surface area contributed by atoms with Gasteiger partial charge in [0.05, 0.1) is 0 Å². The Hall–Kier alpha value is -0.860. The molecule has 0 spiro atoms. The first-order valence-electron chi connectivity index (χ1n) is 9.30. The van der Waals surface area contributed by atoms with Crippen LogP contribution < -0.4 is 5.32 Å². The number of likely N-dealkylation sites (tertiary alicyclic amines) is 1. The van der Waals surface area contributed by atoms with Crippen molar-refractivity contribution in [3.8, 4) is 0 Å². The summed E-state index contributed by atoms with van der Waals surface area (Å²) in [6.07, 6.45) is 8.03. The monoisotopic (exact) mass is 300 g/mol. The second kappa shape index (κ2) is 7.61. The standard InChI is InChI=1S/C20H32N2/c1-3-4-11-22-12-9-18(10-13-22)21-19-14-17(15-19)20-8-6-5-7-16(20)2/h5-8,17-19,21H,3-4,9-15H2,1-2H3. The minimum atomic E-state index is 0.761. The summed E-state index contributed by atoms with van der Waals surface area (Å²) in [4.78, 5) is 2.65. The van der Waals surface area contributed by atoms with Crippen molar-refractivity contribution in [2.45, 2.75) is 70.4 Å². The van der Waals surface area contributed by atoms with Gasteiger partial charge in [0.1, 0.15) is 0 Å². The Balaban J connectivity index is 1.38. The third kappa shape index (κ3) is 3.91. The molecular formula is C20H32N2. The van der Waals surface area contributed by atoms with Crippen LogP contribution in [0.5, 0.6) is 0 Å². The highest BCUT2D eigenvalue weighted by Gasteiger charge is 2.32. The molecule has 1 aromatic rings. The van der Waals surface area contributed by atoms with Crippen molar-refractivity contribution in [2.75, 3.05) is 19.6 Å². The number of piperidine rings is 1. The maximum Gasteiger partial charge on any atom is 0.00940 e. The molecule has 0 aromatic heterocycles. The van der Waals surface area contributed by atoms with E-state index in [1.165, 1.54) is 63.7 Å². The molecule has 2 heteroatoms. The lowest BCUT2D eigenvalue weighted by atomic mass is 9.74. The lowest BCUT2D eigenvalue weighted by Gasteiger charge is -2.41. The number of nitrogens with zero attached hydrogens (tertiary/aromatic N) is 1. The van der Waals surface area contributed by atoms with E-state index in [0.717, 1.165) is 18.0 Å². The predicted molar refractivity (Wildman–Crippen MR) is 94.4 cm³/mol. The number of nitrogens with one attached hydrogen (secondary N) is 1. The average Bonchev–Trinajstić information content (AvgIpc) is 2.51. The normalized spacial score (nSPS) is 26.8. The summed E-state index contributed by atoms with van der Waals surface area (Å²) < 4.78 is 0. The van der Waals surface area contributed by atoms with Crippen LogP contribution in [-0.2, 0) is 0 Å². The van der Waals surface area contributed by atoms with E-state index >= 15 is 0 Å². The quantitative estimate of drug-likeness (QED) is 0.851. The first-order chi connectivity index (χ1) is 10.8. The lowest BCUT2D eigenvalue weighted by molar-refractivity contribution is 0.169. The fourth-order valence-electron chi connectivity index (χ4n) is 4.09. The predicted octanol–water partition coefficient (Wildman–Crippen LogP) is 4.10. The minimum absolute atomic E-state index is 0.761.